The topological polar surface area (TPSA) is 75.6 Å². The molecule has 0 aliphatic carbocycles. The van der Waals surface area contributed by atoms with E-state index >= 15 is 0 Å². The Balaban J connectivity index is 1.63. The van der Waals surface area contributed by atoms with Crippen molar-refractivity contribution in [2.45, 2.75) is 58.2 Å². The second-order valence-electron chi connectivity index (χ2n) is 11.7. The van der Waals surface area contributed by atoms with Gasteiger partial charge in [-0.1, -0.05) is 35.3 Å². The van der Waals surface area contributed by atoms with Gasteiger partial charge in [-0.15, -0.1) is 0 Å². The van der Waals surface area contributed by atoms with Crippen molar-refractivity contribution in [1.29, 1.82) is 0 Å². The van der Waals surface area contributed by atoms with Crippen LogP contribution in [-0.2, 0) is 10.9 Å². The van der Waals surface area contributed by atoms with Crippen molar-refractivity contribution in [2.75, 3.05) is 39.8 Å². The molecule has 2 aromatic carbocycles. The SMILES string of the molecule is COc1cc(C(CCCN2CCN(C(=O)OC(C)(C)C)CC2)c2n[nH]c(=S)n2-c2cc(Cl)c(Cl)cc2C(F)(F)F)ccc1C. The zero-order chi connectivity index (χ0) is 32.4. The van der Waals surface area contributed by atoms with Crippen LogP contribution >= 0.6 is 35.4 Å². The average molecular weight is 675 g/mol. The number of nitrogens with zero attached hydrogens (tertiary/aromatic N) is 4. The lowest BCUT2D eigenvalue weighted by Gasteiger charge is -2.35. The third kappa shape index (κ3) is 8.07. The average Bonchev–Trinajstić information content (AvgIpc) is 3.32. The Morgan fingerprint density at radius 2 is 1.75 bits per heavy atom. The molecular formula is C30H36Cl2F3N5O3S. The molecule has 240 valence electrons. The molecule has 1 aliphatic heterocycles. The Kier molecular flexibility index (Phi) is 10.6. The highest BCUT2D eigenvalue weighted by molar-refractivity contribution is 7.71. The van der Waals surface area contributed by atoms with Gasteiger partial charge in [0, 0.05) is 32.1 Å². The Morgan fingerprint density at radius 3 is 2.36 bits per heavy atom. The Morgan fingerprint density at radius 1 is 1.09 bits per heavy atom. The van der Waals surface area contributed by atoms with Crippen molar-refractivity contribution >= 4 is 41.5 Å². The molecule has 0 radical (unpaired) electrons. The predicted octanol–water partition coefficient (Wildman–Crippen LogP) is 8.04. The van der Waals surface area contributed by atoms with E-state index < -0.39 is 23.3 Å². The van der Waals surface area contributed by atoms with Crippen LogP contribution < -0.4 is 4.74 Å². The minimum atomic E-state index is -4.73. The van der Waals surface area contributed by atoms with Gasteiger partial charge in [0.25, 0.3) is 0 Å². The number of methoxy groups -OCH3 is 1. The molecule has 14 heteroatoms. The molecule has 0 spiro atoms. The number of carbonyl (C=O) groups is 1. The van der Waals surface area contributed by atoms with Crippen LogP contribution in [0.25, 0.3) is 5.69 Å². The smallest absolute Gasteiger partial charge is 0.418 e. The number of rotatable bonds is 8. The van der Waals surface area contributed by atoms with Crippen molar-refractivity contribution in [2.24, 2.45) is 0 Å². The molecule has 4 rings (SSSR count). The van der Waals surface area contributed by atoms with E-state index in [9.17, 15) is 18.0 Å². The highest BCUT2D eigenvalue weighted by atomic mass is 35.5. The quantitative estimate of drug-likeness (QED) is 0.244. The molecule has 3 aromatic rings. The molecule has 8 nitrogen and oxygen atoms in total. The number of amides is 1. The third-order valence-corrected chi connectivity index (χ3v) is 8.42. The normalized spacial score (nSPS) is 15.4. The lowest BCUT2D eigenvalue weighted by atomic mass is 9.91. The van der Waals surface area contributed by atoms with Crippen LogP contribution in [0.3, 0.4) is 0 Å². The Hall–Kier alpha value is -2.80. The molecule has 1 N–H and O–H groups in total. The predicted molar refractivity (Wildman–Crippen MR) is 167 cm³/mol. The van der Waals surface area contributed by atoms with Gasteiger partial charge in [-0.3, -0.25) is 14.6 Å². The van der Waals surface area contributed by atoms with Crippen LogP contribution in [0.5, 0.6) is 5.75 Å². The number of piperazine rings is 1. The van der Waals surface area contributed by atoms with Crippen molar-refractivity contribution < 1.29 is 27.4 Å². The number of aromatic nitrogens is 3. The maximum Gasteiger partial charge on any atom is 0.418 e. The number of halogens is 5. The monoisotopic (exact) mass is 673 g/mol. The standard InChI is InChI=1S/C30H36Cl2F3N5O3S/c1-18-8-9-19(15-25(18)42-5)20(7-6-10-38-11-13-39(14-12-38)28(41)43-29(2,3)4)26-36-37-27(44)40(26)24-17-23(32)22(31)16-21(24)30(33,34)35/h8-9,15-17,20H,6-7,10-14H2,1-5H3,(H,37,44). The van der Waals surface area contributed by atoms with Crippen LogP contribution in [0, 0.1) is 11.7 Å². The Labute approximate surface area is 270 Å². The molecule has 2 heterocycles. The van der Waals surface area contributed by atoms with Crippen molar-refractivity contribution in [3.8, 4) is 11.4 Å². The molecule has 0 bridgehead atoms. The summed E-state index contributed by atoms with van der Waals surface area (Å²) >= 11 is 17.7. The number of carbonyl (C=O) groups excluding carboxylic acids is 1. The molecule has 1 amide bonds. The number of H-pyrrole nitrogens is 1. The van der Waals surface area contributed by atoms with Gasteiger partial charge in [-0.25, -0.2) is 4.79 Å². The van der Waals surface area contributed by atoms with Crippen LogP contribution in [0.15, 0.2) is 30.3 Å². The maximum atomic E-state index is 14.2. The largest absolute Gasteiger partial charge is 0.496 e. The zero-order valence-electron chi connectivity index (χ0n) is 25.2. The third-order valence-electron chi connectivity index (χ3n) is 7.42. The number of aryl methyl sites for hydroxylation is 1. The second-order valence-corrected chi connectivity index (χ2v) is 12.9. The van der Waals surface area contributed by atoms with Gasteiger partial charge in [0.2, 0.25) is 0 Å². The fraction of sp³-hybridized carbons (Fsp3) is 0.500. The number of aromatic amines is 1. The lowest BCUT2D eigenvalue weighted by molar-refractivity contribution is -0.137. The first-order valence-electron chi connectivity index (χ1n) is 14.2. The molecule has 0 saturated carbocycles. The van der Waals surface area contributed by atoms with E-state index in [-0.39, 0.29) is 26.6 Å². The molecule has 1 aromatic heterocycles. The molecule has 1 fully saturated rings. The highest BCUT2D eigenvalue weighted by Gasteiger charge is 2.36. The number of ether oxygens (including phenoxy) is 2. The summed E-state index contributed by atoms with van der Waals surface area (Å²) in [6.45, 7) is 10.6. The van der Waals surface area contributed by atoms with Crippen LogP contribution in [0.2, 0.25) is 10.0 Å². The van der Waals surface area contributed by atoms with Crippen molar-refractivity contribution in [3.05, 3.63) is 67.7 Å². The van der Waals surface area contributed by atoms with Crippen LogP contribution in [0.1, 0.15) is 62.0 Å². The lowest BCUT2D eigenvalue weighted by Crippen LogP contribution is -2.50. The number of hydrogen-bond donors (Lipinski definition) is 1. The first-order valence-corrected chi connectivity index (χ1v) is 15.3. The summed E-state index contributed by atoms with van der Waals surface area (Å²) in [4.78, 5) is 16.4. The first kappa shape index (κ1) is 34.1. The molecule has 44 heavy (non-hydrogen) atoms. The summed E-state index contributed by atoms with van der Waals surface area (Å²) in [5.74, 6) is 0.507. The van der Waals surface area contributed by atoms with Crippen LogP contribution in [0.4, 0.5) is 18.0 Å². The van der Waals surface area contributed by atoms with Gasteiger partial charge < -0.3 is 14.4 Å². The summed E-state index contributed by atoms with van der Waals surface area (Å²) in [6, 6.07) is 7.67. The van der Waals surface area contributed by atoms with Gasteiger partial charge in [-0.2, -0.15) is 18.3 Å². The summed E-state index contributed by atoms with van der Waals surface area (Å²) < 4.78 is 55.0. The molecular weight excluding hydrogens is 638 g/mol. The van der Waals surface area contributed by atoms with E-state index in [1.54, 1.807) is 12.0 Å². The fourth-order valence-corrected chi connectivity index (χ4v) is 5.78. The second kappa shape index (κ2) is 13.7. The van der Waals surface area contributed by atoms with E-state index in [0.29, 0.717) is 57.1 Å². The number of hydrogen-bond acceptors (Lipinski definition) is 6. The van der Waals surface area contributed by atoms with E-state index in [0.717, 1.165) is 17.2 Å². The van der Waals surface area contributed by atoms with Gasteiger partial charge in [0.05, 0.1) is 28.4 Å². The van der Waals surface area contributed by atoms with Crippen molar-refractivity contribution in [3.63, 3.8) is 0 Å². The van der Waals surface area contributed by atoms with Gasteiger partial charge >= 0.3 is 12.3 Å². The summed E-state index contributed by atoms with van der Waals surface area (Å²) in [6.07, 6.45) is -3.81. The maximum absolute atomic E-state index is 14.2. The van der Waals surface area contributed by atoms with Crippen molar-refractivity contribution in [1.82, 2.24) is 24.6 Å². The first-order chi connectivity index (χ1) is 20.6. The van der Waals surface area contributed by atoms with E-state index in [2.05, 4.69) is 15.1 Å². The highest BCUT2D eigenvalue weighted by Crippen LogP contribution is 2.41. The van der Waals surface area contributed by atoms with Crippen LogP contribution in [-0.4, -0.2) is 76.1 Å². The summed E-state index contributed by atoms with van der Waals surface area (Å²) in [5.41, 5.74) is -0.0722. The van der Waals surface area contributed by atoms with Gasteiger partial charge in [0.15, 0.2) is 4.77 Å². The summed E-state index contributed by atoms with van der Waals surface area (Å²) in [7, 11) is 1.57. The van der Waals surface area contributed by atoms with Gasteiger partial charge in [-0.05, 0) is 88.6 Å². The number of nitrogens with one attached hydrogen (secondary N) is 1. The number of alkyl halides is 3. The minimum Gasteiger partial charge on any atom is -0.496 e. The molecule has 1 unspecified atom stereocenters. The van der Waals surface area contributed by atoms with E-state index in [4.69, 9.17) is 44.9 Å². The fourth-order valence-electron chi connectivity index (χ4n) is 5.22. The molecule has 1 atom stereocenters. The summed E-state index contributed by atoms with van der Waals surface area (Å²) in [5, 5.41) is 6.87. The minimum absolute atomic E-state index is 0.00812. The van der Waals surface area contributed by atoms with E-state index in [1.165, 1.54) is 10.6 Å². The van der Waals surface area contributed by atoms with Gasteiger partial charge in [0.1, 0.15) is 17.2 Å². The zero-order valence-corrected chi connectivity index (χ0v) is 27.6. The molecule has 1 aliphatic rings. The number of benzene rings is 2. The van der Waals surface area contributed by atoms with E-state index in [1.807, 2.05) is 45.9 Å². The Bertz CT molecular complexity index is 1550. The molecule has 1 saturated heterocycles.